The van der Waals surface area contributed by atoms with Crippen molar-refractivity contribution in [3.05, 3.63) is 11.6 Å². The van der Waals surface area contributed by atoms with Crippen molar-refractivity contribution >= 4 is 11.9 Å². The average Bonchev–Trinajstić information content (AvgIpc) is 3.19. The summed E-state index contributed by atoms with van der Waals surface area (Å²) in [5.74, 6) is 2.85. The highest BCUT2D eigenvalue weighted by Gasteiger charge is 2.60. The molecule has 9 atom stereocenters. The van der Waals surface area contributed by atoms with Crippen molar-refractivity contribution in [2.45, 2.75) is 150 Å². The summed E-state index contributed by atoms with van der Waals surface area (Å²) in [7, 11) is 0. The second-order valence-electron chi connectivity index (χ2n) is 16.1. The highest BCUT2D eigenvalue weighted by Crippen LogP contribution is 2.67. The maximum atomic E-state index is 12.2. The minimum absolute atomic E-state index is 0.00143. The van der Waals surface area contributed by atoms with Crippen LogP contribution in [0, 0.1) is 40.4 Å². The maximum absolute atomic E-state index is 12.2. The van der Waals surface area contributed by atoms with Crippen LogP contribution in [0.5, 0.6) is 0 Å². The van der Waals surface area contributed by atoms with Crippen LogP contribution in [0.4, 0.5) is 0 Å². The van der Waals surface area contributed by atoms with Crippen LogP contribution >= 0.6 is 0 Å². The summed E-state index contributed by atoms with van der Waals surface area (Å²) < 4.78 is 16.9. The third kappa shape index (κ3) is 6.89. The molecule has 0 spiro atoms. The number of aliphatic hydroxyl groups is 1. The third-order valence-corrected chi connectivity index (χ3v) is 11.6. The van der Waals surface area contributed by atoms with E-state index in [1.807, 2.05) is 34.6 Å². The fraction of sp³-hybridized carbons (Fsp3) is 0.886. The minimum atomic E-state index is -0.655. The molecule has 234 valence electrons. The number of rotatable bonds is 9. The van der Waals surface area contributed by atoms with Gasteiger partial charge in [-0.2, -0.15) is 0 Å². The zero-order valence-electron chi connectivity index (χ0n) is 27.4. The zero-order valence-corrected chi connectivity index (χ0v) is 27.4. The normalized spacial score (nSPS) is 37.8. The van der Waals surface area contributed by atoms with Gasteiger partial charge in [0.05, 0.1) is 6.10 Å². The molecule has 0 bridgehead atoms. The number of aliphatic hydroxyl groups excluding tert-OH is 1. The SMILES string of the molecule is CC(=O)OC(C)(C)CCC[C@@H](C)[C@H]1CC[C@H]2[C@@H]3CC=C4[C@@H](O)[C@@H](OCC(=O)OC(C)(C)C)CC[C@]4(C)[C@H]3CC[C@]12C. The Balaban J connectivity index is 1.39. The van der Waals surface area contributed by atoms with Gasteiger partial charge in [0.1, 0.15) is 23.9 Å². The number of allylic oxidation sites excluding steroid dienone is 1. The first-order chi connectivity index (χ1) is 19.0. The summed E-state index contributed by atoms with van der Waals surface area (Å²) in [6, 6.07) is 0. The molecule has 0 unspecified atom stereocenters. The Kier molecular flexibility index (Phi) is 9.47. The molecule has 0 amide bonds. The number of hydrogen-bond acceptors (Lipinski definition) is 6. The highest BCUT2D eigenvalue weighted by atomic mass is 16.6. The molecule has 3 saturated carbocycles. The third-order valence-electron chi connectivity index (χ3n) is 11.6. The van der Waals surface area contributed by atoms with E-state index < -0.39 is 17.3 Å². The maximum Gasteiger partial charge on any atom is 0.332 e. The van der Waals surface area contributed by atoms with Gasteiger partial charge in [-0.25, -0.2) is 4.79 Å². The van der Waals surface area contributed by atoms with E-state index in [2.05, 4.69) is 26.8 Å². The second-order valence-corrected chi connectivity index (χ2v) is 16.1. The van der Waals surface area contributed by atoms with Gasteiger partial charge in [0.2, 0.25) is 0 Å². The largest absolute Gasteiger partial charge is 0.460 e. The van der Waals surface area contributed by atoms with Gasteiger partial charge in [-0.3, -0.25) is 4.79 Å². The zero-order chi connectivity index (χ0) is 30.4. The van der Waals surface area contributed by atoms with E-state index in [9.17, 15) is 14.7 Å². The fourth-order valence-corrected chi connectivity index (χ4v) is 9.89. The van der Waals surface area contributed by atoms with Crippen molar-refractivity contribution in [1.82, 2.24) is 0 Å². The molecule has 0 saturated heterocycles. The summed E-state index contributed by atoms with van der Waals surface area (Å²) in [6.45, 7) is 18.4. The Morgan fingerprint density at radius 2 is 1.73 bits per heavy atom. The van der Waals surface area contributed by atoms with E-state index in [1.165, 1.54) is 39.0 Å². The van der Waals surface area contributed by atoms with Gasteiger partial charge >= 0.3 is 11.9 Å². The van der Waals surface area contributed by atoms with Crippen LogP contribution in [-0.2, 0) is 23.8 Å². The monoisotopic (exact) mass is 574 g/mol. The molecule has 4 aliphatic carbocycles. The predicted octanol–water partition coefficient (Wildman–Crippen LogP) is 7.41. The molecule has 0 radical (unpaired) electrons. The molecule has 1 N–H and O–H groups in total. The molecule has 6 nitrogen and oxygen atoms in total. The Labute approximate surface area is 249 Å². The predicted molar refractivity (Wildman–Crippen MR) is 161 cm³/mol. The smallest absolute Gasteiger partial charge is 0.332 e. The number of hydrogen-bond donors (Lipinski definition) is 1. The molecule has 6 heteroatoms. The van der Waals surface area contributed by atoms with Gasteiger partial charge in [-0.05, 0) is 138 Å². The minimum Gasteiger partial charge on any atom is -0.460 e. The van der Waals surface area contributed by atoms with Gasteiger partial charge in [-0.1, -0.05) is 33.3 Å². The van der Waals surface area contributed by atoms with Crippen molar-refractivity contribution in [3.63, 3.8) is 0 Å². The molecule has 4 rings (SSSR count). The van der Waals surface area contributed by atoms with Gasteiger partial charge in [-0.15, -0.1) is 0 Å². The van der Waals surface area contributed by atoms with E-state index in [1.54, 1.807) is 0 Å². The lowest BCUT2D eigenvalue weighted by molar-refractivity contribution is -0.166. The van der Waals surface area contributed by atoms with Crippen molar-refractivity contribution < 1.29 is 28.9 Å². The fourth-order valence-electron chi connectivity index (χ4n) is 9.89. The molecule has 0 heterocycles. The summed E-state index contributed by atoms with van der Waals surface area (Å²) in [4.78, 5) is 23.7. The Hall–Kier alpha value is -1.40. The molecule has 0 aliphatic heterocycles. The van der Waals surface area contributed by atoms with Crippen LogP contribution < -0.4 is 0 Å². The number of carbonyl (C=O) groups is 2. The summed E-state index contributed by atoms with van der Waals surface area (Å²) in [6.07, 6.45) is 12.5. The molecular formula is C35H58O6. The second kappa shape index (κ2) is 11.9. The summed E-state index contributed by atoms with van der Waals surface area (Å²) in [5, 5.41) is 11.4. The molecule has 0 aromatic heterocycles. The van der Waals surface area contributed by atoms with Crippen LogP contribution in [0.25, 0.3) is 0 Å². The van der Waals surface area contributed by atoms with Crippen molar-refractivity contribution in [1.29, 1.82) is 0 Å². The van der Waals surface area contributed by atoms with Gasteiger partial charge in [0.25, 0.3) is 0 Å². The number of carbonyl (C=O) groups excluding carboxylic acids is 2. The Bertz CT molecular complexity index is 993. The molecule has 0 aromatic rings. The first-order valence-corrected chi connectivity index (χ1v) is 16.4. The molecular weight excluding hydrogens is 516 g/mol. The van der Waals surface area contributed by atoms with Crippen LogP contribution in [0.2, 0.25) is 0 Å². The number of ether oxygens (including phenoxy) is 3. The first kappa shape index (κ1) is 32.5. The lowest BCUT2D eigenvalue weighted by atomic mass is 9.46. The Morgan fingerprint density at radius 1 is 1.02 bits per heavy atom. The van der Waals surface area contributed by atoms with Crippen LogP contribution in [0.15, 0.2) is 11.6 Å². The van der Waals surface area contributed by atoms with E-state index in [0.717, 1.165) is 49.5 Å². The lowest BCUT2D eigenvalue weighted by Gasteiger charge is -2.59. The summed E-state index contributed by atoms with van der Waals surface area (Å²) in [5.41, 5.74) is 0.597. The quantitative estimate of drug-likeness (QED) is 0.228. The first-order valence-electron chi connectivity index (χ1n) is 16.4. The van der Waals surface area contributed by atoms with Crippen LogP contribution in [0.1, 0.15) is 127 Å². The average molecular weight is 575 g/mol. The topological polar surface area (TPSA) is 82.1 Å². The van der Waals surface area contributed by atoms with Crippen molar-refractivity contribution in [2.75, 3.05) is 6.61 Å². The Morgan fingerprint density at radius 3 is 2.39 bits per heavy atom. The van der Waals surface area contributed by atoms with Gasteiger partial charge < -0.3 is 19.3 Å². The van der Waals surface area contributed by atoms with Crippen LogP contribution in [-0.4, -0.2) is 47.1 Å². The van der Waals surface area contributed by atoms with Crippen molar-refractivity contribution in [3.8, 4) is 0 Å². The molecule has 4 aliphatic rings. The van der Waals surface area contributed by atoms with E-state index >= 15 is 0 Å². The standard InChI is InChI=1S/C35H58O6/c1-22(11-10-18-33(6,7)40-23(2)36)25-14-15-26-24-12-13-28-31(38)29(39-21-30(37)41-32(3,4)5)17-20-35(28,9)27(24)16-19-34(25,26)8/h13,22,24-27,29,31,38H,10-12,14-21H2,1-9H3/t22-,24+,25-,26+,27+,29+,31-,34-,35-/m1/s1. The summed E-state index contributed by atoms with van der Waals surface area (Å²) >= 11 is 0. The number of esters is 2. The number of fused-ring (bicyclic) bond motifs is 5. The highest BCUT2D eigenvalue weighted by molar-refractivity contribution is 5.71. The van der Waals surface area contributed by atoms with Crippen molar-refractivity contribution in [2.24, 2.45) is 40.4 Å². The van der Waals surface area contributed by atoms with E-state index in [-0.39, 0.29) is 30.1 Å². The van der Waals surface area contributed by atoms with Gasteiger partial charge in [0.15, 0.2) is 0 Å². The van der Waals surface area contributed by atoms with E-state index in [4.69, 9.17) is 14.2 Å². The van der Waals surface area contributed by atoms with Gasteiger partial charge in [0, 0.05) is 6.92 Å². The molecule has 0 aromatic carbocycles. The molecule has 3 fully saturated rings. The van der Waals surface area contributed by atoms with Crippen LogP contribution in [0.3, 0.4) is 0 Å². The molecule has 41 heavy (non-hydrogen) atoms. The van der Waals surface area contributed by atoms with E-state index in [0.29, 0.717) is 23.2 Å². The lowest BCUT2D eigenvalue weighted by Crippen LogP contribution is -2.54.